The van der Waals surface area contributed by atoms with Crippen molar-refractivity contribution in [2.75, 3.05) is 5.73 Å². The lowest BCUT2D eigenvalue weighted by molar-refractivity contribution is 0.685. The first kappa shape index (κ1) is 9.94. The Kier molecular flexibility index (Phi) is 2.53. The molecule has 13 heavy (non-hydrogen) atoms. The summed E-state index contributed by atoms with van der Waals surface area (Å²) >= 11 is 4.20. The number of nitrogen functional groups attached to an aromatic ring is 1. The number of anilines is 1. The predicted octanol–water partition coefficient (Wildman–Crippen LogP) is 2.36. The predicted molar refractivity (Wildman–Crippen MR) is 56.7 cm³/mol. The summed E-state index contributed by atoms with van der Waals surface area (Å²) in [6, 6.07) is 7.70. The van der Waals surface area contributed by atoms with Crippen LogP contribution in [0, 0.1) is 11.3 Å². The summed E-state index contributed by atoms with van der Waals surface area (Å²) in [5.74, 6) is 0. The second kappa shape index (κ2) is 3.31. The van der Waals surface area contributed by atoms with Gasteiger partial charge in [0.2, 0.25) is 0 Å². The van der Waals surface area contributed by atoms with E-state index in [1.54, 1.807) is 6.07 Å². The summed E-state index contributed by atoms with van der Waals surface area (Å²) in [5.41, 5.74) is 6.71. The lowest BCUT2D eigenvalue weighted by Gasteiger charge is -2.16. The van der Waals surface area contributed by atoms with Crippen LogP contribution < -0.4 is 5.73 Å². The van der Waals surface area contributed by atoms with Crippen molar-refractivity contribution >= 4 is 18.3 Å². The van der Waals surface area contributed by atoms with Gasteiger partial charge < -0.3 is 5.73 Å². The summed E-state index contributed by atoms with van der Waals surface area (Å²) in [7, 11) is 0. The Morgan fingerprint density at radius 1 is 1.46 bits per heavy atom. The number of rotatable bonds is 1. The van der Waals surface area contributed by atoms with E-state index in [9.17, 15) is 0 Å². The van der Waals surface area contributed by atoms with Crippen molar-refractivity contribution in [2.45, 2.75) is 24.2 Å². The molecule has 0 atom stereocenters. The zero-order valence-corrected chi connectivity index (χ0v) is 8.60. The van der Waals surface area contributed by atoms with Crippen molar-refractivity contribution in [1.29, 1.82) is 5.26 Å². The lowest BCUT2D eigenvalue weighted by atomic mass is 9.86. The van der Waals surface area contributed by atoms with E-state index in [0.29, 0.717) is 5.69 Å². The molecule has 0 aromatic heterocycles. The van der Waals surface area contributed by atoms with Gasteiger partial charge in [-0.1, -0.05) is 6.07 Å². The van der Waals surface area contributed by atoms with Crippen molar-refractivity contribution in [3.05, 3.63) is 23.8 Å². The maximum Gasteiger partial charge on any atom is 0.0766 e. The highest BCUT2D eigenvalue weighted by Crippen LogP contribution is 2.26. The molecule has 0 fully saturated rings. The van der Waals surface area contributed by atoms with E-state index in [-0.39, 0.29) is 0 Å². The van der Waals surface area contributed by atoms with Crippen molar-refractivity contribution in [3.63, 3.8) is 0 Å². The number of nitriles is 1. The number of nitrogens with two attached hydrogens (primary N) is 1. The molecular weight excluding hydrogens is 180 g/mol. The third kappa shape index (κ3) is 1.96. The molecule has 0 aliphatic heterocycles. The molecule has 0 bridgehead atoms. The minimum absolute atomic E-state index is 0.481. The zero-order chi connectivity index (χ0) is 10.1. The number of hydrogen-bond donors (Lipinski definition) is 2. The van der Waals surface area contributed by atoms with Crippen LogP contribution in [0.25, 0.3) is 0 Å². The van der Waals surface area contributed by atoms with Gasteiger partial charge in [-0.3, -0.25) is 0 Å². The maximum atomic E-state index is 8.90. The average molecular weight is 192 g/mol. The van der Waals surface area contributed by atoms with Gasteiger partial charge in [0.15, 0.2) is 0 Å². The lowest BCUT2D eigenvalue weighted by Crippen LogP contribution is -2.13. The minimum atomic E-state index is -0.481. The van der Waals surface area contributed by atoms with Gasteiger partial charge >= 0.3 is 0 Å². The third-order valence-electron chi connectivity index (χ3n) is 2.03. The topological polar surface area (TPSA) is 49.8 Å². The Labute approximate surface area is 83.8 Å². The molecule has 0 heterocycles. The SMILES string of the molecule is CC(C)(C#N)c1ccc(N)c(S)c1. The quantitative estimate of drug-likeness (QED) is 0.530. The van der Waals surface area contributed by atoms with E-state index in [2.05, 4.69) is 18.7 Å². The first-order chi connectivity index (χ1) is 5.97. The van der Waals surface area contributed by atoms with Gasteiger partial charge in [0.25, 0.3) is 0 Å². The van der Waals surface area contributed by atoms with Crippen LogP contribution in [0.2, 0.25) is 0 Å². The summed E-state index contributed by atoms with van der Waals surface area (Å²) in [5, 5.41) is 8.90. The molecule has 1 aromatic rings. The molecule has 0 aliphatic carbocycles. The first-order valence-electron chi connectivity index (χ1n) is 3.97. The Balaban J connectivity index is 3.20. The van der Waals surface area contributed by atoms with Crippen molar-refractivity contribution < 1.29 is 0 Å². The van der Waals surface area contributed by atoms with Crippen LogP contribution in [0.15, 0.2) is 23.1 Å². The van der Waals surface area contributed by atoms with Crippen LogP contribution in [-0.2, 0) is 5.41 Å². The Hall–Kier alpha value is -1.14. The van der Waals surface area contributed by atoms with Crippen LogP contribution in [0.5, 0.6) is 0 Å². The Morgan fingerprint density at radius 3 is 2.54 bits per heavy atom. The van der Waals surface area contributed by atoms with Gasteiger partial charge in [-0.05, 0) is 31.5 Å². The van der Waals surface area contributed by atoms with Gasteiger partial charge in [0.05, 0.1) is 11.5 Å². The fourth-order valence-electron chi connectivity index (χ4n) is 0.997. The standard InChI is InChI=1S/C10H12N2S/c1-10(2,6-11)7-3-4-8(12)9(13)5-7/h3-5,13H,12H2,1-2H3. The molecular formula is C10H12N2S. The molecule has 0 unspecified atom stereocenters. The van der Waals surface area contributed by atoms with E-state index in [1.807, 2.05) is 26.0 Å². The molecule has 0 saturated carbocycles. The summed E-state index contributed by atoms with van der Waals surface area (Å²) in [4.78, 5) is 0.723. The molecule has 0 spiro atoms. The monoisotopic (exact) mass is 192 g/mol. The van der Waals surface area contributed by atoms with Gasteiger partial charge in [-0.2, -0.15) is 5.26 Å². The molecule has 2 N–H and O–H groups in total. The summed E-state index contributed by atoms with van der Waals surface area (Å²) in [6.45, 7) is 3.73. The van der Waals surface area contributed by atoms with Crippen LogP contribution in [0.4, 0.5) is 5.69 Å². The van der Waals surface area contributed by atoms with Crippen molar-refractivity contribution in [2.24, 2.45) is 0 Å². The number of benzene rings is 1. The van der Waals surface area contributed by atoms with E-state index in [0.717, 1.165) is 10.5 Å². The molecule has 68 valence electrons. The maximum absolute atomic E-state index is 8.90. The molecule has 3 heteroatoms. The minimum Gasteiger partial charge on any atom is -0.398 e. The number of nitrogens with zero attached hydrogens (tertiary/aromatic N) is 1. The second-order valence-electron chi connectivity index (χ2n) is 3.51. The van der Waals surface area contributed by atoms with Crippen LogP contribution in [-0.4, -0.2) is 0 Å². The van der Waals surface area contributed by atoms with E-state index in [1.165, 1.54) is 0 Å². The van der Waals surface area contributed by atoms with E-state index in [4.69, 9.17) is 11.0 Å². The van der Waals surface area contributed by atoms with Crippen molar-refractivity contribution in [3.8, 4) is 6.07 Å². The fraction of sp³-hybridized carbons (Fsp3) is 0.300. The van der Waals surface area contributed by atoms with Crippen LogP contribution in [0.1, 0.15) is 19.4 Å². The largest absolute Gasteiger partial charge is 0.398 e. The van der Waals surface area contributed by atoms with Gasteiger partial charge in [-0.25, -0.2) is 0 Å². The molecule has 0 amide bonds. The molecule has 2 nitrogen and oxygen atoms in total. The van der Waals surface area contributed by atoms with Crippen LogP contribution >= 0.6 is 12.6 Å². The van der Waals surface area contributed by atoms with E-state index >= 15 is 0 Å². The number of thiol groups is 1. The zero-order valence-electron chi connectivity index (χ0n) is 7.70. The van der Waals surface area contributed by atoms with Gasteiger partial charge in [-0.15, -0.1) is 12.6 Å². The Morgan fingerprint density at radius 2 is 2.08 bits per heavy atom. The molecule has 0 aliphatic rings. The highest BCUT2D eigenvalue weighted by atomic mass is 32.1. The molecule has 1 aromatic carbocycles. The van der Waals surface area contributed by atoms with Crippen molar-refractivity contribution in [1.82, 2.24) is 0 Å². The fourth-order valence-corrected chi connectivity index (χ4v) is 1.21. The summed E-state index contributed by atoms with van der Waals surface area (Å²) < 4.78 is 0. The second-order valence-corrected chi connectivity index (χ2v) is 3.99. The average Bonchev–Trinajstić information content (AvgIpc) is 2.09. The van der Waals surface area contributed by atoms with E-state index < -0.39 is 5.41 Å². The highest BCUT2D eigenvalue weighted by molar-refractivity contribution is 7.80. The smallest absolute Gasteiger partial charge is 0.0766 e. The molecule has 0 saturated heterocycles. The first-order valence-corrected chi connectivity index (χ1v) is 4.42. The highest BCUT2D eigenvalue weighted by Gasteiger charge is 2.19. The normalized spacial score (nSPS) is 10.9. The third-order valence-corrected chi connectivity index (χ3v) is 2.42. The molecule has 1 rings (SSSR count). The number of hydrogen-bond acceptors (Lipinski definition) is 3. The van der Waals surface area contributed by atoms with Crippen LogP contribution in [0.3, 0.4) is 0 Å². The summed E-state index contributed by atoms with van der Waals surface area (Å²) in [6.07, 6.45) is 0. The molecule has 0 radical (unpaired) electrons. The van der Waals surface area contributed by atoms with Gasteiger partial charge in [0.1, 0.15) is 0 Å². The van der Waals surface area contributed by atoms with Gasteiger partial charge in [0, 0.05) is 10.6 Å². The Bertz CT molecular complexity index is 364.